The molecule has 0 amide bonds. The summed E-state index contributed by atoms with van der Waals surface area (Å²) in [6, 6.07) is 1.69. The van der Waals surface area contributed by atoms with E-state index in [0.717, 1.165) is 4.68 Å². The first-order valence-electron chi connectivity index (χ1n) is 13.5. The van der Waals surface area contributed by atoms with Crippen LogP contribution < -0.4 is 16.8 Å². The Morgan fingerprint density at radius 2 is 1.95 bits per heavy atom. The molecule has 12 nitrogen and oxygen atoms in total. The third-order valence-electron chi connectivity index (χ3n) is 9.34. The maximum absolute atomic E-state index is 14.1. The molecule has 5 unspecified atom stereocenters. The number of rotatable bonds is 2. The zero-order chi connectivity index (χ0) is 29.8. The van der Waals surface area contributed by atoms with Crippen molar-refractivity contribution in [3.8, 4) is 5.75 Å². The number of aliphatic hydroxyl groups excluding tert-OH is 2. The molecule has 3 heterocycles. The molecule has 13 heteroatoms. The van der Waals surface area contributed by atoms with Crippen molar-refractivity contribution in [2.45, 2.75) is 50.6 Å². The van der Waals surface area contributed by atoms with E-state index < -0.39 is 52.3 Å². The van der Waals surface area contributed by atoms with Gasteiger partial charge in [0.15, 0.2) is 0 Å². The molecule has 3 aliphatic carbocycles. The van der Waals surface area contributed by atoms with Gasteiger partial charge >= 0.3 is 0 Å². The van der Waals surface area contributed by atoms with Crippen molar-refractivity contribution in [2.75, 3.05) is 33.5 Å². The summed E-state index contributed by atoms with van der Waals surface area (Å²) in [6.07, 6.45) is -2.84. The molecular formula is C29H29ClN2O10. The molecule has 4 aliphatic rings. The summed E-state index contributed by atoms with van der Waals surface area (Å²) >= 11 is 6.58. The Balaban J connectivity index is 1.59. The van der Waals surface area contributed by atoms with Gasteiger partial charge < -0.3 is 44.5 Å². The number of methoxy groups -OCH3 is 2. The van der Waals surface area contributed by atoms with Gasteiger partial charge in [-0.2, -0.15) is 0 Å². The van der Waals surface area contributed by atoms with Crippen molar-refractivity contribution in [3.05, 3.63) is 71.1 Å². The fraction of sp³-hybridized carbons (Fsp3) is 0.448. The third-order valence-corrected chi connectivity index (χ3v) is 9.81. The van der Waals surface area contributed by atoms with Crippen LogP contribution in [0.25, 0.3) is 22.1 Å². The van der Waals surface area contributed by atoms with E-state index in [2.05, 4.69) is 0 Å². The average Bonchev–Trinajstić information content (AvgIpc) is 2.96. The van der Waals surface area contributed by atoms with E-state index in [1.54, 1.807) is 13.0 Å². The number of aromatic nitrogens is 1. The molecule has 1 aliphatic heterocycles. The number of benzene rings is 1. The first-order valence-corrected chi connectivity index (χ1v) is 13.8. The second-order valence-corrected chi connectivity index (χ2v) is 11.7. The summed E-state index contributed by atoms with van der Waals surface area (Å²) in [5, 5.41) is 34.8. The smallest absolute Gasteiger partial charge is 0.280 e. The minimum absolute atomic E-state index is 0.00154. The van der Waals surface area contributed by atoms with Crippen LogP contribution in [0.3, 0.4) is 0 Å². The number of halogens is 1. The number of aliphatic hydroxyl groups is 2. The molecule has 1 spiro atoms. The SMILES string of the molecule is COC1CC(O)C(OC)c2oc3c(c(=O)c21)C(O)=C1c2c(cc4c(Cl)c(C)n(N)c(=O)c4c2O)CC2OCOCC12C3. The van der Waals surface area contributed by atoms with Gasteiger partial charge in [0, 0.05) is 50.0 Å². The van der Waals surface area contributed by atoms with Gasteiger partial charge in [-0.3, -0.25) is 9.59 Å². The molecule has 2 aromatic heterocycles. The molecule has 222 valence electrons. The normalized spacial score (nSPS) is 28.1. The predicted molar refractivity (Wildman–Crippen MR) is 150 cm³/mol. The van der Waals surface area contributed by atoms with E-state index in [1.807, 2.05) is 0 Å². The number of ether oxygens (including phenoxy) is 4. The average molecular weight is 601 g/mol. The summed E-state index contributed by atoms with van der Waals surface area (Å²) in [4.78, 5) is 27.4. The van der Waals surface area contributed by atoms with Crippen molar-refractivity contribution in [1.29, 1.82) is 0 Å². The number of nitrogen functional groups attached to an aromatic ring is 1. The molecule has 0 bridgehead atoms. The van der Waals surface area contributed by atoms with Crippen LogP contribution in [0, 0.1) is 12.3 Å². The highest BCUT2D eigenvalue weighted by Gasteiger charge is 2.56. The zero-order valence-electron chi connectivity index (χ0n) is 23.0. The number of nitrogens with two attached hydrogens (primary N) is 1. The molecule has 5 atom stereocenters. The molecule has 42 heavy (non-hydrogen) atoms. The fourth-order valence-electron chi connectivity index (χ4n) is 7.29. The lowest BCUT2D eigenvalue weighted by atomic mass is 9.60. The van der Waals surface area contributed by atoms with Gasteiger partial charge in [0.2, 0.25) is 5.43 Å². The second-order valence-electron chi connectivity index (χ2n) is 11.3. The summed E-state index contributed by atoms with van der Waals surface area (Å²) < 4.78 is 30.0. The number of phenols is 1. The standard InChI is InChI=1S/C29H29ClN2O10/c1-10-22(30)12-4-11-5-16-29(8-40-9-41-16)7-15-19(25(36)21(29)17(11)23(34)18(12)28(37)32(10)31)24(35)20-14(38-2)6-13(33)26(39-3)27(20)42-15/h4,13-14,16,26,33-34,36H,5-9,31H2,1-3H3. The highest BCUT2D eigenvalue weighted by Crippen LogP contribution is 2.58. The number of hydrogen-bond acceptors (Lipinski definition) is 11. The molecule has 1 aromatic carbocycles. The number of pyridine rings is 1. The highest BCUT2D eigenvalue weighted by atomic mass is 35.5. The van der Waals surface area contributed by atoms with Gasteiger partial charge in [-0.15, -0.1) is 0 Å². The van der Waals surface area contributed by atoms with E-state index in [-0.39, 0.29) is 76.9 Å². The summed E-state index contributed by atoms with van der Waals surface area (Å²) in [7, 11) is 2.82. The number of aromatic hydroxyl groups is 1. The van der Waals surface area contributed by atoms with E-state index in [1.165, 1.54) is 14.2 Å². The van der Waals surface area contributed by atoms with Gasteiger partial charge in [0.25, 0.3) is 5.56 Å². The number of phenolic OH excluding ortho intramolecular Hbond substituents is 1. The summed E-state index contributed by atoms with van der Waals surface area (Å²) in [5.74, 6) is 5.43. The van der Waals surface area contributed by atoms with Crippen LogP contribution in [0.15, 0.2) is 20.1 Å². The van der Waals surface area contributed by atoms with Crippen molar-refractivity contribution in [3.63, 3.8) is 0 Å². The Morgan fingerprint density at radius 1 is 1.19 bits per heavy atom. The van der Waals surface area contributed by atoms with Crippen LogP contribution in [0.1, 0.15) is 58.1 Å². The lowest BCUT2D eigenvalue weighted by Crippen LogP contribution is -2.53. The molecule has 3 aromatic rings. The van der Waals surface area contributed by atoms with E-state index in [9.17, 15) is 24.9 Å². The fourth-order valence-corrected chi connectivity index (χ4v) is 7.53. The minimum Gasteiger partial charge on any atom is -0.507 e. The van der Waals surface area contributed by atoms with Gasteiger partial charge in [0.05, 0.1) is 52.0 Å². The molecule has 5 N–H and O–H groups in total. The Labute approximate surface area is 243 Å². The largest absolute Gasteiger partial charge is 0.507 e. The van der Waals surface area contributed by atoms with Crippen LogP contribution in [0.4, 0.5) is 0 Å². The zero-order valence-corrected chi connectivity index (χ0v) is 23.8. The van der Waals surface area contributed by atoms with E-state index in [4.69, 9.17) is 40.8 Å². The molecule has 0 radical (unpaired) electrons. The van der Waals surface area contributed by atoms with Crippen LogP contribution in [-0.4, -0.2) is 59.8 Å². The van der Waals surface area contributed by atoms with Crippen molar-refractivity contribution in [2.24, 2.45) is 5.41 Å². The topological polar surface area (TPSA) is 176 Å². The first-order chi connectivity index (χ1) is 20.0. The summed E-state index contributed by atoms with van der Waals surface area (Å²) in [6.45, 7) is 1.67. The number of hydrogen-bond donors (Lipinski definition) is 4. The highest BCUT2D eigenvalue weighted by molar-refractivity contribution is 6.36. The predicted octanol–water partition coefficient (Wildman–Crippen LogP) is 2.37. The lowest BCUT2D eigenvalue weighted by Gasteiger charge is -2.50. The first kappa shape index (κ1) is 27.4. The van der Waals surface area contributed by atoms with E-state index in [0.29, 0.717) is 16.6 Å². The molecule has 0 saturated carbocycles. The van der Waals surface area contributed by atoms with Gasteiger partial charge in [-0.05, 0) is 18.6 Å². The minimum atomic E-state index is -1.09. The monoisotopic (exact) mass is 600 g/mol. The quantitative estimate of drug-likeness (QED) is 0.318. The van der Waals surface area contributed by atoms with Crippen LogP contribution in [0.2, 0.25) is 5.02 Å². The van der Waals surface area contributed by atoms with Crippen LogP contribution in [0.5, 0.6) is 5.75 Å². The number of nitrogens with zero attached hydrogens (tertiary/aromatic N) is 1. The van der Waals surface area contributed by atoms with Gasteiger partial charge in [-0.25, -0.2) is 4.68 Å². The molecule has 7 rings (SSSR count). The molecule has 1 fully saturated rings. The van der Waals surface area contributed by atoms with E-state index >= 15 is 0 Å². The number of fused-ring (bicyclic) bond motifs is 5. The van der Waals surface area contributed by atoms with Crippen LogP contribution in [-0.2, 0) is 31.8 Å². The maximum atomic E-state index is 14.1. The van der Waals surface area contributed by atoms with Gasteiger partial charge in [-0.1, -0.05) is 11.6 Å². The Bertz CT molecular complexity index is 1850. The lowest BCUT2D eigenvalue weighted by molar-refractivity contribution is -0.193. The third kappa shape index (κ3) is 3.36. The molecular weight excluding hydrogens is 572 g/mol. The Hall–Kier alpha value is -3.39. The Morgan fingerprint density at radius 3 is 2.67 bits per heavy atom. The summed E-state index contributed by atoms with van der Waals surface area (Å²) in [5.41, 5.74) is -0.975. The van der Waals surface area contributed by atoms with Crippen molar-refractivity contribution < 1.29 is 38.7 Å². The molecule has 1 saturated heterocycles. The maximum Gasteiger partial charge on any atom is 0.280 e. The van der Waals surface area contributed by atoms with Crippen molar-refractivity contribution in [1.82, 2.24) is 4.68 Å². The van der Waals surface area contributed by atoms with Crippen molar-refractivity contribution >= 4 is 33.7 Å². The van der Waals surface area contributed by atoms with Gasteiger partial charge in [0.1, 0.15) is 41.5 Å². The van der Waals surface area contributed by atoms with Crippen LogP contribution >= 0.6 is 11.6 Å². The second kappa shape index (κ2) is 9.30. The Kier molecular flexibility index (Phi) is 6.08.